The summed E-state index contributed by atoms with van der Waals surface area (Å²) in [7, 11) is 0. The second kappa shape index (κ2) is 2.20. The smallest absolute Gasteiger partial charge is 0.123 e. The van der Waals surface area contributed by atoms with Gasteiger partial charge in [0.05, 0.1) is 17.9 Å². The van der Waals surface area contributed by atoms with Crippen molar-refractivity contribution >= 4 is 6.08 Å². The lowest BCUT2D eigenvalue weighted by atomic mass is 10.3. The summed E-state index contributed by atoms with van der Waals surface area (Å²) in [6, 6.07) is 0. The van der Waals surface area contributed by atoms with E-state index in [0.29, 0.717) is 0 Å². The maximum atomic E-state index is 4.57. The van der Waals surface area contributed by atoms with Crippen LogP contribution in [0.5, 0.6) is 0 Å². The molecule has 0 radical (unpaired) electrons. The lowest BCUT2D eigenvalue weighted by Crippen LogP contribution is -2.28. The van der Waals surface area contributed by atoms with Crippen LogP contribution >= 0.6 is 0 Å². The van der Waals surface area contributed by atoms with Crippen LogP contribution in [0.3, 0.4) is 0 Å². The van der Waals surface area contributed by atoms with Crippen LogP contribution in [-0.4, -0.2) is 16.1 Å². The largest absolute Gasteiger partial charge is 0.326 e. The molecule has 1 aliphatic heterocycles. The van der Waals surface area contributed by atoms with Crippen molar-refractivity contribution in [1.82, 2.24) is 14.9 Å². The molecule has 3 heteroatoms. The molecule has 62 valence electrons. The van der Waals surface area contributed by atoms with E-state index in [2.05, 4.69) is 27.0 Å². The number of hydrogen-bond acceptors (Lipinski definition) is 2. The molecule has 1 aliphatic carbocycles. The third kappa shape index (κ3) is 0.716. The van der Waals surface area contributed by atoms with Gasteiger partial charge in [-0.2, -0.15) is 0 Å². The molecule has 12 heavy (non-hydrogen) atoms. The minimum absolute atomic E-state index is 0.931. The molecule has 3 nitrogen and oxygen atoms in total. The molecule has 1 aromatic rings. The summed E-state index contributed by atoms with van der Waals surface area (Å²) >= 11 is 0. The SMILES string of the molecule is C1=Cc2c(nc3n2CCNC3)C1. The fourth-order valence-electron chi connectivity index (χ4n) is 1.96. The monoisotopic (exact) mass is 161 g/mol. The first-order chi connectivity index (χ1) is 5.95. The molecule has 0 spiro atoms. The van der Waals surface area contributed by atoms with Crippen LogP contribution in [-0.2, 0) is 19.5 Å². The summed E-state index contributed by atoms with van der Waals surface area (Å²) in [5.74, 6) is 1.20. The number of nitrogens with zero attached hydrogens (tertiary/aromatic N) is 2. The predicted octanol–water partition coefficient (Wildman–Crippen LogP) is 0.556. The number of nitrogens with one attached hydrogen (secondary N) is 1. The van der Waals surface area contributed by atoms with Gasteiger partial charge in [0.2, 0.25) is 0 Å². The van der Waals surface area contributed by atoms with E-state index in [-0.39, 0.29) is 0 Å². The zero-order valence-electron chi connectivity index (χ0n) is 6.88. The van der Waals surface area contributed by atoms with E-state index < -0.39 is 0 Å². The first-order valence-electron chi connectivity index (χ1n) is 4.41. The second-order valence-corrected chi connectivity index (χ2v) is 3.29. The van der Waals surface area contributed by atoms with Gasteiger partial charge in [0, 0.05) is 19.5 Å². The van der Waals surface area contributed by atoms with Gasteiger partial charge in [-0.15, -0.1) is 0 Å². The van der Waals surface area contributed by atoms with Crippen molar-refractivity contribution in [2.24, 2.45) is 0 Å². The van der Waals surface area contributed by atoms with Gasteiger partial charge in [0.1, 0.15) is 5.82 Å². The Kier molecular flexibility index (Phi) is 1.18. The molecule has 0 bridgehead atoms. The summed E-state index contributed by atoms with van der Waals surface area (Å²) in [5.41, 5.74) is 2.60. The standard InChI is InChI=1S/C9H11N3/c1-2-7-8(3-1)12-5-4-10-6-9(12)11-7/h1,3,10H,2,4-6H2. The molecule has 3 rings (SSSR count). The summed E-state index contributed by atoms with van der Waals surface area (Å²) in [5, 5.41) is 3.32. The Bertz CT molecular complexity index is 349. The number of imidazole rings is 1. The minimum atomic E-state index is 0.931. The zero-order valence-corrected chi connectivity index (χ0v) is 6.88. The van der Waals surface area contributed by atoms with Gasteiger partial charge < -0.3 is 9.88 Å². The van der Waals surface area contributed by atoms with Crippen LogP contribution in [0.15, 0.2) is 6.08 Å². The first-order valence-corrected chi connectivity index (χ1v) is 4.41. The minimum Gasteiger partial charge on any atom is -0.326 e. The van der Waals surface area contributed by atoms with E-state index >= 15 is 0 Å². The fraction of sp³-hybridized carbons (Fsp3) is 0.444. The molecule has 0 unspecified atom stereocenters. The van der Waals surface area contributed by atoms with Crippen LogP contribution in [0.25, 0.3) is 6.08 Å². The van der Waals surface area contributed by atoms with Gasteiger partial charge in [-0.05, 0) is 6.08 Å². The molecule has 0 saturated carbocycles. The van der Waals surface area contributed by atoms with Crippen LogP contribution in [0.4, 0.5) is 0 Å². The van der Waals surface area contributed by atoms with Gasteiger partial charge in [-0.25, -0.2) is 4.98 Å². The van der Waals surface area contributed by atoms with E-state index in [0.717, 1.165) is 26.1 Å². The molecular formula is C9H11N3. The van der Waals surface area contributed by atoms with E-state index in [1.54, 1.807) is 0 Å². The topological polar surface area (TPSA) is 29.9 Å². The van der Waals surface area contributed by atoms with Crippen LogP contribution in [0.1, 0.15) is 17.2 Å². The Balaban J connectivity index is 2.20. The predicted molar refractivity (Wildman–Crippen MR) is 46.7 cm³/mol. The van der Waals surface area contributed by atoms with Crippen molar-refractivity contribution in [1.29, 1.82) is 0 Å². The van der Waals surface area contributed by atoms with Gasteiger partial charge in [-0.1, -0.05) is 6.08 Å². The average Bonchev–Trinajstić information content (AvgIpc) is 2.62. The fourth-order valence-corrected chi connectivity index (χ4v) is 1.96. The Morgan fingerprint density at radius 2 is 2.50 bits per heavy atom. The van der Waals surface area contributed by atoms with E-state index in [1.807, 2.05) is 0 Å². The second-order valence-electron chi connectivity index (χ2n) is 3.29. The highest BCUT2D eigenvalue weighted by Gasteiger charge is 2.18. The van der Waals surface area contributed by atoms with Crippen molar-refractivity contribution < 1.29 is 0 Å². The van der Waals surface area contributed by atoms with Crippen molar-refractivity contribution in [2.75, 3.05) is 6.54 Å². The van der Waals surface area contributed by atoms with Gasteiger partial charge in [-0.3, -0.25) is 0 Å². The molecule has 1 aromatic heterocycles. The highest BCUT2D eigenvalue weighted by atomic mass is 15.2. The van der Waals surface area contributed by atoms with E-state index in [9.17, 15) is 0 Å². The number of aromatic nitrogens is 2. The first kappa shape index (κ1) is 6.43. The molecule has 0 fully saturated rings. The third-order valence-electron chi connectivity index (χ3n) is 2.54. The number of hydrogen-bond donors (Lipinski definition) is 1. The van der Waals surface area contributed by atoms with Gasteiger partial charge in [0.25, 0.3) is 0 Å². The highest BCUT2D eigenvalue weighted by molar-refractivity contribution is 5.55. The summed E-state index contributed by atoms with van der Waals surface area (Å²) in [6.07, 6.45) is 5.40. The summed E-state index contributed by atoms with van der Waals surface area (Å²) in [4.78, 5) is 4.57. The van der Waals surface area contributed by atoms with Crippen molar-refractivity contribution in [3.05, 3.63) is 23.3 Å². The number of rotatable bonds is 0. The van der Waals surface area contributed by atoms with E-state index in [1.165, 1.54) is 17.2 Å². The van der Waals surface area contributed by atoms with Crippen LogP contribution in [0.2, 0.25) is 0 Å². The molecule has 0 atom stereocenters. The van der Waals surface area contributed by atoms with Crippen molar-refractivity contribution in [3.8, 4) is 0 Å². The number of allylic oxidation sites excluding steroid dienone is 1. The highest BCUT2D eigenvalue weighted by Crippen LogP contribution is 2.21. The van der Waals surface area contributed by atoms with E-state index in [4.69, 9.17) is 0 Å². The molecule has 2 heterocycles. The molecule has 1 N–H and O–H groups in total. The molecular weight excluding hydrogens is 150 g/mol. The zero-order chi connectivity index (χ0) is 7.97. The van der Waals surface area contributed by atoms with Gasteiger partial charge >= 0.3 is 0 Å². The average molecular weight is 161 g/mol. The summed E-state index contributed by atoms with van der Waals surface area (Å²) < 4.78 is 2.33. The normalized spacial score (nSPS) is 19.3. The van der Waals surface area contributed by atoms with Gasteiger partial charge in [0.15, 0.2) is 0 Å². The van der Waals surface area contributed by atoms with Crippen molar-refractivity contribution in [3.63, 3.8) is 0 Å². The Morgan fingerprint density at radius 1 is 1.50 bits per heavy atom. The number of fused-ring (bicyclic) bond motifs is 3. The summed E-state index contributed by atoms with van der Waals surface area (Å²) in [6.45, 7) is 3.08. The Morgan fingerprint density at radius 3 is 3.50 bits per heavy atom. The molecule has 0 aromatic carbocycles. The molecule has 0 saturated heterocycles. The molecule has 0 amide bonds. The lowest BCUT2D eigenvalue weighted by molar-refractivity contribution is 0.503. The third-order valence-corrected chi connectivity index (χ3v) is 2.54. The maximum Gasteiger partial charge on any atom is 0.123 e. The maximum absolute atomic E-state index is 4.57. The quantitative estimate of drug-likeness (QED) is 0.602. The Labute approximate surface area is 71.1 Å². The Hall–Kier alpha value is -1.09. The van der Waals surface area contributed by atoms with Crippen LogP contribution in [0, 0.1) is 0 Å². The lowest BCUT2D eigenvalue weighted by Gasteiger charge is -2.15. The van der Waals surface area contributed by atoms with Crippen molar-refractivity contribution in [2.45, 2.75) is 19.5 Å². The molecule has 2 aliphatic rings. The van der Waals surface area contributed by atoms with Crippen LogP contribution < -0.4 is 5.32 Å².